The predicted octanol–water partition coefficient (Wildman–Crippen LogP) is 5.16. The lowest BCUT2D eigenvalue weighted by Crippen LogP contribution is -2.22. The van der Waals surface area contributed by atoms with Gasteiger partial charge in [-0.2, -0.15) is 5.26 Å². The molecule has 4 rings (SSSR count). The molecule has 0 amide bonds. The number of allylic oxidation sites excluding steroid dienone is 1. The Hall–Kier alpha value is -3.95. The third-order valence-corrected chi connectivity index (χ3v) is 5.82. The Morgan fingerprint density at radius 3 is 2.55 bits per heavy atom. The minimum Gasteiger partial charge on any atom is -0.482 e. The smallest absolute Gasteiger partial charge is 0.349 e. The van der Waals surface area contributed by atoms with E-state index in [-0.39, 0.29) is 23.8 Å². The standard InChI is InChI=1S/C26H21ClN2O4/c1-15-7-8-17(11-16(15)2)31-14-24(30)32-18-9-10-20-23(12-18)33-26(29)21(13-28)25(20)19-5-3-4-6-22(19)27/h3-12,25H,14,29H2,1-2H3. The Morgan fingerprint density at radius 2 is 1.82 bits per heavy atom. The molecule has 6 nitrogen and oxygen atoms in total. The fourth-order valence-electron chi connectivity index (χ4n) is 3.64. The zero-order chi connectivity index (χ0) is 23.5. The lowest BCUT2D eigenvalue weighted by molar-refractivity contribution is -0.136. The Bertz CT molecular complexity index is 1310. The third kappa shape index (κ3) is 4.64. The van der Waals surface area contributed by atoms with Crippen LogP contribution < -0.4 is 19.9 Å². The van der Waals surface area contributed by atoms with E-state index >= 15 is 0 Å². The van der Waals surface area contributed by atoms with E-state index in [1.165, 1.54) is 0 Å². The van der Waals surface area contributed by atoms with Gasteiger partial charge in [0.1, 0.15) is 28.9 Å². The molecule has 0 saturated carbocycles. The molecule has 0 aromatic heterocycles. The zero-order valence-electron chi connectivity index (χ0n) is 18.1. The van der Waals surface area contributed by atoms with Crippen LogP contribution in [0.1, 0.15) is 28.2 Å². The predicted molar refractivity (Wildman–Crippen MR) is 124 cm³/mol. The van der Waals surface area contributed by atoms with Crippen molar-refractivity contribution >= 4 is 17.6 Å². The number of nitrogens with two attached hydrogens (primary N) is 1. The van der Waals surface area contributed by atoms with Gasteiger partial charge in [-0.1, -0.05) is 41.9 Å². The summed E-state index contributed by atoms with van der Waals surface area (Å²) in [6, 6.07) is 19.9. The summed E-state index contributed by atoms with van der Waals surface area (Å²) in [5, 5.41) is 10.2. The van der Waals surface area contributed by atoms with Crippen LogP contribution in [0, 0.1) is 25.2 Å². The van der Waals surface area contributed by atoms with Gasteiger partial charge in [0, 0.05) is 16.7 Å². The van der Waals surface area contributed by atoms with Crippen LogP contribution in [0.25, 0.3) is 0 Å². The van der Waals surface area contributed by atoms with Gasteiger partial charge in [-0.3, -0.25) is 0 Å². The number of rotatable bonds is 5. The number of carbonyl (C=O) groups excluding carboxylic acids is 1. The third-order valence-electron chi connectivity index (χ3n) is 5.47. The number of benzene rings is 3. The molecular formula is C26H21ClN2O4. The van der Waals surface area contributed by atoms with Crippen molar-refractivity contribution < 1.29 is 19.0 Å². The van der Waals surface area contributed by atoms with Gasteiger partial charge in [-0.15, -0.1) is 0 Å². The molecule has 3 aromatic rings. The van der Waals surface area contributed by atoms with Gasteiger partial charge in [0.05, 0.1) is 5.92 Å². The number of esters is 1. The molecule has 1 aliphatic heterocycles. The Kier molecular flexibility index (Phi) is 6.25. The lowest BCUT2D eigenvalue weighted by Gasteiger charge is -2.27. The average molecular weight is 461 g/mol. The van der Waals surface area contributed by atoms with E-state index < -0.39 is 11.9 Å². The van der Waals surface area contributed by atoms with Crippen LogP contribution in [0.2, 0.25) is 5.02 Å². The largest absolute Gasteiger partial charge is 0.482 e. The highest BCUT2D eigenvalue weighted by Crippen LogP contribution is 2.45. The van der Waals surface area contributed by atoms with E-state index in [9.17, 15) is 10.1 Å². The van der Waals surface area contributed by atoms with Crippen LogP contribution in [-0.4, -0.2) is 12.6 Å². The number of halogens is 1. The first-order chi connectivity index (χ1) is 15.9. The van der Waals surface area contributed by atoms with Gasteiger partial charge < -0.3 is 19.9 Å². The van der Waals surface area contributed by atoms with Crippen LogP contribution >= 0.6 is 11.6 Å². The lowest BCUT2D eigenvalue weighted by atomic mass is 9.83. The molecular weight excluding hydrogens is 440 g/mol. The molecule has 0 saturated heterocycles. The number of carbonyl (C=O) groups is 1. The van der Waals surface area contributed by atoms with Gasteiger partial charge in [-0.25, -0.2) is 4.79 Å². The fourth-order valence-corrected chi connectivity index (χ4v) is 3.88. The maximum absolute atomic E-state index is 12.3. The summed E-state index contributed by atoms with van der Waals surface area (Å²) in [6.45, 7) is 3.73. The molecule has 0 radical (unpaired) electrons. The van der Waals surface area contributed by atoms with Crippen molar-refractivity contribution in [3.63, 3.8) is 0 Å². The van der Waals surface area contributed by atoms with Crippen LogP contribution in [0.5, 0.6) is 17.2 Å². The zero-order valence-corrected chi connectivity index (χ0v) is 18.8. The number of ether oxygens (including phenoxy) is 3. The van der Waals surface area contributed by atoms with E-state index in [1.54, 1.807) is 30.3 Å². The first kappa shape index (κ1) is 22.3. The number of hydrogen-bond donors (Lipinski definition) is 1. The van der Waals surface area contributed by atoms with Crippen LogP contribution in [0.4, 0.5) is 0 Å². The highest BCUT2D eigenvalue weighted by molar-refractivity contribution is 6.31. The minimum atomic E-state index is -0.562. The molecule has 0 bridgehead atoms. The molecule has 2 N–H and O–H groups in total. The van der Waals surface area contributed by atoms with Crippen molar-refractivity contribution in [3.8, 4) is 23.3 Å². The van der Waals surface area contributed by atoms with Crippen molar-refractivity contribution in [1.82, 2.24) is 0 Å². The number of aryl methyl sites for hydroxylation is 2. The number of nitriles is 1. The molecule has 1 atom stereocenters. The summed E-state index contributed by atoms with van der Waals surface area (Å²) in [7, 11) is 0. The maximum atomic E-state index is 12.3. The molecule has 1 heterocycles. The monoisotopic (exact) mass is 460 g/mol. The molecule has 0 spiro atoms. The van der Waals surface area contributed by atoms with Gasteiger partial charge >= 0.3 is 5.97 Å². The molecule has 7 heteroatoms. The SMILES string of the molecule is Cc1ccc(OCC(=O)Oc2ccc3c(c2)OC(N)=C(C#N)C3c2ccccc2Cl)cc1C. The molecule has 0 aliphatic carbocycles. The Morgan fingerprint density at radius 1 is 1.06 bits per heavy atom. The van der Waals surface area contributed by atoms with Crippen molar-refractivity contribution in [2.24, 2.45) is 5.73 Å². The summed E-state index contributed by atoms with van der Waals surface area (Å²) in [5.74, 6) is 0.174. The molecule has 3 aromatic carbocycles. The van der Waals surface area contributed by atoms with Crippen molar-refractivity contribution in [2.45, 2.75) is 19.8 Å². The second-order valence-electron chi connectivity index (χ2n) is 7.65. The van der Waals surface area contributed by atoms with Crippen molar-refractivity contribution in [3.05, 3.63) is 99.4 Å². The van der Waals surface area contributed by atoms with Gasteiger partial charge in [0.25, 0.3) is 0 Å². The second-order valence-corrected chi connectivity index (χ2v) is 8.06. The quantitative estimate of drug-likeness (QED) is 0.417. The Labute approximate surface area is 196 Å². The van der Waals surface area contributed by atoms with Gasteiger partial charge in [-0.05, 0) is 54.8 Å². The summed E-state index contributed by atoms with van der Waals surface area (Å²) < 4.78 is 16.6. The molecule has 1 unspecified atom stereocenters. The van der Waals surface area contributed by atoms with E-state index in [0.29, 0.717) is 22.1 Å². The fraction of sp³-hybridized carbons (Fsp3) is 0.154. The van der Waals surface area contributed by atoms with Crippen molar-refractivity contribution in [1.29, 1.82) is 5.26 Å². The number of hydrogen-bond acceptors (Lipinski definition) is 6. The summed E-state index contributed by atoms with van der Waals surface area (Å²) in [4.78, 5) is 12.3. The molecule has 33 heavy (non-hydrogen) atoms. The highest BCUT2D eigenvalue weighted by Gasteiger charge is 2.32. The number of nitrogens with zero attached hydrogens (tertiary/aromatic N) is 1. The van der Waals surface area contributed by atoms with E-state index in [4.69, 9.17) is 31.5 Å². The molecule has 1 aliphatic rings. The molecule has 0 fully saturated rings. The van der Waals surface area contributed by atoms with E-state index in [1.807, 2.05) is 44.2 Å². The topological polar surface area (TPSA) is 94.6 Å². The van der Waals surface area contributed by atoms with Crippen LogP contribution in [0.3, 0.4) is 0 Å². The van der Waals surface area contributed by atoms with E-state index in [0.717, 1.165) is 16.7 Å². The first-order valence-electron chi connectivity index (χ1n) is 10.2. The number of fused-ring (bicyclic) bond motifs is 1. The molecule has 166 valence electrons. The summed E-state index contributed by atoms with van der Waals surface area (Å²) in [5.41, 5.74) is 9.94. The van der Waals surface area contributed by atoms with E-state index in [2.05, 4.69) is 6.07 Å². The summed E-state index contributed by atoms with van der Waals surface area (Å²) >= 11 is 6.40. The second kappa shape index (κ2) is 9.27. The van der Waals surface area contributed by atoms with Crippen molar-refractivity contribution in [2.75, 3.05) is 6.61 Å². The highest BCUT2D eigenvalue weighted by atomic mass is 35.5. The summed E-state index contributed by atoms with van der Waals surface area (Å²) in [6.07, 6.45) is 0. The normalized spacial score (nSPS) is 14.7. The Balaban J connectivity index is 1.54. The van der Waals surface area contributed by atoms with Crippen LogP contribution in [0.15, 0.2) is 72.1 Å². The minimum absolute atomic E-state index is 0.0172. The van der Waals surface area contributed by atoms with Crippen LogP contribution in [-0.2, 0) is 4.79 Å². The van der Waals surface area contributed by atoms with Gasteiger partial charge in [0.2, 0.25) is 5.88 Å². The average Bonchev–Trinajstić information content (AvgIpc) is 2.79. The van der Waals surface area contributed by atoms with Gasteiger partial charge in [0.15, 0.2) is 6.61 Å². The maximum Gasteiger partial charge on any atom is 0.349 e. The first-order valence-corrected chi connectivity index (χ1v) is 10.6.